The Morgan fingerprint density at radius 1 is 1.26 bits per heavy atom. The second-order valence-corrected chi connectivity index (χ2v) is 7.05. The molecule has 0 unspecified atom stereocenters. The van der Waals surface area contributed by atoms with Gasteiger partial charge in [-0.1, -0.05) is 12.1 Å². The van der Waals surface area contributed by atoms with Crippen LogP contribution in [0.15, 0.2) is 47.8 Å². The topological polar surface area (TPSA) is 92.6 Å². The molecule has 0 radical (unpaired) electrons. The number of tetrazole rings is 1. The van der Waals surface area contributed by atoms with E-state index in [9.17, 15) is 4.79 Å². The molecule has 1 N–H and O–H groups in total. The van der Waals surface area contributed by atoms with Gasteiger partial charge in [-0.25, -0.2) is 0 Å². The predicted octanol–water partition coefficient (Wildman–Crippen LogP) is 2.69. The molecule has 8 nitrogen and oxygen atoms in total. The van der Waals surface area contributed by atoms with Crippen LogP contribution < -0.4 is 0 Å². The van der Waals surface area contributed by atoms with Crippen LogP contribution in [0.1, 0.15) is 21.9 Å². The molecule has 1 amide bonds. The van der Waals surface area contributed by atoms with Crippen LogP contribution in [-0.4, -0.2) is 48.3 Å². The maximum Gasteiger partial charge on any atom is 0.254 e. The fourth-order valence-electron chi connectivity index (χ4n) is 2.78. The highest BCUT2D eigenvalue weighted by molar-refractivity contribution is 7.13. The fourth-order valence-corrected chi connectivity index (χ4v) is 3.47. The summed E-state index contributed by atoms with van der Waals surface area (Å²) >= 11 is 1.63. The molecule has 0 aliphatic heterocycles. The summed E-state index contributed by atoms with van der Waals surface area (Å²) in [7, 11) is 1.77. The molecule has 0 saturated carbocycles. The molecule has 9 heteroatoms. The van der Waals surface area contributed by atoms with Crippen molar-refractivity contribution in [2.75, 3.05) is 7.05 Å². The van der Waals surface area contributed by atoms with Gasteiger partial charge >= 0.3 is 0 Å². The summed E-state index contributed by atoms with van der Waals surface area (Å²) in [5, 5.41) is 20.8. The standard InChI is InChI=1S/C18H17N7OS/c1-12-19-22-23-25(12)15-6-3-5-13(9-15)18(26)24(2)11-14-10-16(21-20-14)17-7-4-8-27-17/h3-10H,11H2,1-2H3,(H,20,21). The van der Waals surface area contributed by atoms with Gasteiger partial charge in [-0.2, -0.15) is 9.78 Å². The molecule has 0 aliphatic carbocycles. The number of nitrogens with zero attached hydrogens (tertiary/aromatic N) is 6. The largest absolute Gasteiger partial charge is 0.336 e. The highest BCUT2D eigenvalue weighted by Crippen LogP contribution is 2.23. The SMILES string of the molecule is Cc1nnnn1-c1cccc(C(=O)N(C)Cc2cc(-c3cccs3)n[nH]2)c1. The number of carbonyl (C=O) groups is 1. The van der Waals surface area contributed by atoms with E-state index < -0.39 is 0 Å². The van der Waals surface area contributed by atoms with Crippen LogP contribution in [0.25, 0.3) is 16.3 Å². The minimum atomic E-state index is -0.0881. The summed E-state index contributed by atoms with van der Waals surface area (Å²) in [6.45, 7) is 2.25. The molecule has 0 fully saturated rings. The van der Waals surface area contributed by atoms with E-state index in [1.54, 1.807) is 40.1 Å². The van der Waals surface area contributed by atoms with Gasteiger partial charge in [0.25, 0.3) is 5.91 Å². The highest BCUT2D eigenvalue weighted by Gasteiger charge is 2.15. The number of aromatic nitrogens is 6. The van der Waals surface area contributed by atoms with Crippen molar-refractivity contribution in [1.29, 1.82) is 0 Å². The van der Waals surface area contributed by atoms with Gasteiger partial charge in [-0.15, -0.1) is 16.4 Å². The lowest BCUT2D eigenvalue weighted by Crippen LogP contribution is -2.26. The number of hydrogen-bond acceptors (Lipinski definition) is 6. The van der Waals surface area contributed by atoms with Gasteiger partial charge in [0.15, 0.2) is 5.82 Å². The van der Waals surface area contributed by atoms with E-state index in [2.05, 4.69) is 25.7 Å². The molecule has 3 heterocycles. The Labute approximate surface area is 159 Å². The molecule has 4 aromatic rings. The van der Waals surface area contributed by atoms with Gasteiger partial charge in [0, 0.05) is 12.6 Å². The lowest BCUT2D eigenvalue weighted by Gasteiger charge is -2.16. The fraction of sp³-hybridized carbons (Fsp3) is 0.167. The average molecular weight is 379 g/mol. The summed E-state index contributed by atoms with van der Waals surface area (Å²) < 4.78 is 1.60. The first-order valence-corrected chi connectivity index (χ1v) is 9.19. The van der Waals surface area contributed by atoms with Crippen LogP contribution in [-0.2, 0) is 6.54 Å². The van der Waals surface area contributed by atoms with Crippen molar-refractivity contribution in [2.45, 2.75) is 13.5 Å². The van der Waals surface area contributed by atoms with Crippen molar-refractivity contribution in [3.8, 4) is 16.3 Å². The van der Waals surface area contributed by atoms with E-state index in [1.165, 1.54) is 0 Å². The van der Waals surface area contributed by atoms with Gasteiger partial charge in [0.2, 0.25) is 0 Å². The monoisotopic (exact) mass is 379 g/mol. The molecular weight excluding hydrogens is 362 g/mol. The molecule has 0 bridgehead atoms. The van der Waals surface area contributed by atoms with Crippen LogP contribution in [0.2, 0.25) is 0 Å². The Morgan fingerprint density at radius 2 is 2.15 bits per heavy atom. The van der Waals surface area contributed by atoms with Crippen molar-refractivity contribution in [3.05, 3.63) is 64.9 Å². The summed E-state index contributed by atoms with van der Waals surface area (Å²) in [5.41, 5.74) is 3.08. The molecule has 4 rings (SSSR count). The zero-order chi connectivity index (χ0) is 18.8. The minimum Gasteiger partial charge on any atom is -0.336 e. The maximum atomic E-state index is 12.8. The minimum absolute atomic E-state index is 0.0881. The van der Waals surface area contributed by atoms with E-state index in [-0.39, 0.29) is 5.91 Å². The molecule has 0 spiro atoms. The second-order valence-electron chi connectivity index (χ2n) is 6.11. The number of benzene rings is 1. The van der Waals surface area contributed by atoms with E-state index in [1.807, 2.05) is 42.6 Å². The quantitative estimate of drug-likeness (QED) is 0.575. The van der Waals surface area contributed by atoms with Crippen LogP contribution >= 0.6 is 11.3 Å². The normalized spacial score (nSPS) is 10.9. The Balaban J connectivity index is 1.50. The first kappa shape index (κ1) is 17.1. The van der Waals surface area contributed by atoms with Gasteiger partial charge in [-0.3, -0.25) is 9.89 Å². The molecule has 27 heavy (non-hydrogen) atoms. The highest BCUT2D eigenvalue weighted by atomic mass is 32.1. The third kappa shape index (κ3) is 3.49. The first-order valence-electron chi connectivity index (χ1n) is 8.31. The zero-order valence-corrected chi connectivity index (χ0v) is 15.6. The molecular formula is C18H17N7OS. The van der Waals surface area contributed by atoms with Crippen molar-refractivity contribution in [3.63, 3.8) is 0 Å². The van der Waals surface area contributed by atoms with E-state index in [0.29, 0.717) is 17.9 Å². The Kier molecular flexibility index (Phi) is 4.51. The number of nitrogens with one attached hydrogen (secondary N) is 1. The third-order valence-corrected chi connectivity index (χ3v) is 5.01. The van der Waals surface area contributed by atoms with Gasteiger partial charge in [0.05, 0.1) is 22.8 Å². The number of aryl methyl sites for hydroxylation is 1. The van der Waals surface area contributed by atoms with Gasteiger partial charge in [-0.05, 0) is 53.1 Å². The Bertz CT molecular complexity index is 1070. The smallest absolute Gasteiger partial charge is 0.254 e. The summed E-state index contributed by atoms with van der Waals surface area (Å²) in [4.78, 5) is 15.6. The number of thiophene rings is 1. The molecule has 0 saturated heterocycles. The molecule has 1 aromatic carbocycles. The van der Waals surface area contributed by atoms with E-state index in [0.717, 1.165) is 22.0 Å². The van der Waals surface area contributed by atoms with Gasteiger partial charge < -0.3 is 4.90 Å². The number of carbonyl (C=O) groups excluding carboxylic acids is 1. The number of amides is 1. The lowest BCUT2D eigenvalue weighted by molar-refractivity contribution is 0.0783. The van der Waals surface area contributed by atoms with Crippen LogP contribution in [0.3, 0.4) is 0 Å². The number of H-pyrrole nitrogens is 1. The van der Waals surface area contributed by atoms with E-state index in [4.69, 9.17) is 0 Å². The Morgan fingerprint density at radius 3 is 2.89 bits per heavy atom. The second kappa shape index (κ2) is 7.12. The van der Waals surface area contributed by atoms with Crippen molar-refractivity contribution in [1.82, 2.24) is 35.3 Å². The van der Waals surface area contributed by atoms with Gasteiger partial charge in [0.1, 0.15) is 5.69 Å². The van der Waals surface area contributed by atoms with Crippen LogP contribution in [0.5, 0.6) is 0 Å². The number of hydrogen-bond donors (Lipinski definition) is 1. The predicted molar refractivity (Wildman–Crippen MR) is 102 cm³/mol. The molecule has 136 valence electrons. The van der Waals surface area contributed by atoms with Crippen molar-refractivity contribution >= 4 is 17.2 Å². The third-order valence-electron chi connectivity index (χ3n) is 4.12. The van der Waals surface area contributed by atoms with Crippen molar-refractivity contribution < 1.29 is 4.79 Å². The Hall–Kier alpha value is -3.33. The lowest BCUT2D eigenvalue weighted by atomic mass is 10.1. The average Bonchev–Trinajstić information content (AvgIpc) is 3.42. The summed E-state index contributed by atoms with van der Waals surface area (Å²) in [5.74, 6) is 0.571. The molecule has 3 aromatic heterocycles. The number of rotatable bonds is 5. The molecule has 0 atom stereocenters. The molecule has 0 aliphatic rings. The zero-order valence-electron chi connectivity index (χ0n) is 14.8. The summed E-state index contributed by atoms with van der Waals surface area (Å²) in [6, 6.07) is 13.2. The van der Waals surface area contributed by atoms with E-state index >= 15 is 0 Å². The van der Waals surface area contributed by atoms with Crippen molar-refractivity contribution in [2.24, 2.45) is 0 Å². The number of aromatic amines is 1. The first-order chi connectivity index (χ1) is 13.1. The van der Waals surface area contributed by atoms with Crippen LogP contribution in [0, 0.1) is 6.92 Å². The summed E-state index contributed by atoms with van der Waals surface area (Å²) in [6.07, 6.45) is 0. The van der Waals surface area contributed by atoms with Crippen LogP contribution in [0.4, 0.5) is 0 Å². The maximum absolute atomic E-state index is 12.8.